The zero-order chi connectivity index (χ0) is 7.98. The smallest absolute Gasteiger partial charge is 0.330 e. The topological polar surface area (TPSA) is 29.3 Å². The highest BCUT2D eigenvalue weighted by atomic mass is 16.5. The van der Waals surface area contributed by atoms with Crippen LogP contribution in [0.3, 0.4) is 0 Å². The highest BCUT2D eigenvalue weighted by molar-refractivity contribution is 5.86. The highest BCUT2D eigenvalue weighted by Crippen LogP contribution is 1.74. The number of allylic oxidation sites excluding steroid dienone is 1. The second-order valence-corrected chi connectivity index (χ2v) is 1.99. The lowest BCUT2D eigenvalue weighted by atomic mass is 10.5. The van der Waals surface area contributed by atoms with Crippen LogP contribution in [0.5, 0.6) is 0 Å². The van der Waals surface area contributed by atoms with Crippen molar-refractivity contribution >= 4 is 12.2 Å². The van der Waals surface area contributed by atoms with Gasteiger partial charge in [0.05, 0.1) is 7.11 Å². The maximum absolute atomic E-state index is 10.4. The van der Waals surface area contributed by atoms with E-state index in [1.54, 1.807) is 12.3 Å². The van der Waals surface area contributed by atoms with Crippen LogP contribution in [0, 0.1) is 0 Å². The van der Waals surface area contributed by atoms with Gasteiger partial charge in [0.1, 0.15) is 14.1 Å². The molecule has 3 nitrogen and oxygen atoms in total. The van der Waals surface area contributed by atoms with Crippen molar-refractivity contribution in [3.05, 3.63) is 12.2 Å². The molecule has 0 amide bonds. The molecule has 3 heteroatoms. The molecular weight excluding hydrogens is 130 g/mol. The van der Waals surface area contributed by atoms with Crippen molar-refractivity contribution < 1.29 is 14.1 Å². The summed E-state index contributed by atoms with van der Waals surface area (Å²) in [6.07, 6.45) is 4.75. The molecule has 0 aromatic rings. The fraction of sp³-hybridized carbons (Fsp3) is 0.429. The van der Waals surface area contributed by atoms with E-state index in [0.29, 0.717) is 0 Å². The number of hydrogen-bond acceptors (Lipinski definition) is 2. The van der Waals surface area contributed by atoms with E-state index in [2.05, 4.69) is 4.74 Å². The minimum absolute atomic E-state index is 0.335. The number of carbonyl (C=O) groups excluding carboxylic acids is 1. The lowest BCUT2D eigenvalue weighted by molar-refractivity contribution is -0.458. The molecule has 0 aromatic carbocycles. The number of methoxy groups -OCH3 is 1. The number of ether oxygens (including phenoxy) is 1. The second-order valence-electron chi connectivity index (χ2n) is 1.99. The quantitative estimate of drug-likeness (QED) is 0.236. The lowest BCUT2D eigenvalue weighted by Crippen LogP contribution is -1.98. The molecule has 0 atom stereocenters. The van der Waals surface area contributed by atoms with E-state index in [-0.39, 0.29) is 5.97 Å². The Morgan fingerprint density at radius 2 is 2.10 bits per heavy atom. The van der Waals surface area contributed by atoms with Crippen molar-refractivity contribution in [2.45, 2.75) is 0 Å². The molecule has 0 radical (unpaired) electrons. The van der Waals surface area contributed by atoms with E-state index in [1.807, 2.05) is 18.7 Å². The average molecular weight is 142 g/mol. The van der Waals surface area contributed by atoms with Crippen LogP contribution in [0.1, 0.15) is 0 Å². The van der Waals surface area contributed by atoms with Crippen LogP contribution in [-0.4, -0.2) is 38.0 Å². The largest absolute Gasteiger partial charge is 0.466 e. The number of hydrogen-bond donors (Lipinski definition) is 0. The van der Waals surface area contributed by atoms with E-state index < -0.39 is 0 Å². The van der Waals surface area contributed by atoms with Crippen LogP contribution in [0.2, 0.25) is 0 Å². The molecule has 0 saturated carbocycles. The third-order valence-corrected chi connectivity index (χ3v) is 0.818. The van der Waals surface area contributed by atoms with Gasteiger partial charge in [-0.3, -0.25) is 0 Å². The number of esters is 1. The minimum atomic E-state index is -0.335. The first kappa shape index (κ1) is 8.88. The maximum Gasteiger partial charge on any atom is 0.330 e. The second kappa shape index (κ2) is 4.73. The van der Waals surface area contributed by atoms with Crippen LogP contribution >= 0.6 is 0 Å². The molecule has 0 saturated heterocycles. The average Bonchev–Trinajstić information content (AvgIpc) is 1.87. The molecular formula is C7H12NO2+. The molecule has 0 aliphatic carbocycles. The molecule has 0 rings (SSSR count). The van der Waals surface area contributed by atoms with Crippen molar-refractivity contribution in [1.29, 1.82) is 0 Å². The molecule has 56 valence electrons. The van der Waals surface area contributed by atoms with Gasteiger partial charge in [-0.15, -0.1) is 0 Å². The SMILES string of the molecule is COC(=O)/C=C/C=[N+](C)C. The van der Waals surface area contributed by atoms with E-state index >= 15 is 0 Å². The Morgan fingerprint density at radius 1 is 1.50 bits per heavy atom. The Labute approximate surface area is 60.6 Å². The molecule has 0 N–H and O–H groups in total. The minimum Gasteiger partial charge on any atom is -0.466 e. The fourth-order valence-electron chi connectivity index (χ4n) is 0.362. The van der Waals surface area contributed by atoms with Gasteiger partial charge in [0, 0.05) is 12.2 Å². The molecule has 0 spiro atoms. The van der Waals surface area contributed by atoms with Gasteiger partial charge >= 0.3 is 5.97 Å². The van der Waals surface area contributed by atoms with E-state index in [9.17, 15) is 4.79 Å². The summed E-state index contributed by atoms with van der Waals surface area (Å²) in [5, 5.41) is 0. The van der Waals surface area contributed by atoms with E-state index in [4.69, 9.17) is 0 Å². The monoisotopic (exact) mass is 142 g/mol. The van der Waals surface area contributed by atoms with Gasteiger partial charge in [0.15, 0.2) is 6.21 Å². The van der Waals surface area contributed by atoms with Crippen LogP contribution in [0.25, 0.3) is 0 Å². The summed E-state index contributed by atoms with van der Waals surface area (Å²) in [6.45, 7) is 0. The predicted molar refractivity (Wildman–Crippen MR) is 39.3 cm³/mol. The van der Waals surface area contributed by atoms with Crippen molar-refractivity contribution in [3.63, 3.8) is 0 Å². The van der Waals surface area contributed by atoms with Crippen molar-refractivity contribution in [3.8, 4) is 0 Å². The third-order valence-electron chi connectivity index (χ3n) is 0.818. The Hall–Kier alpha value is -1.12. The highest BCUT2D eigenvalue weighted by Gasteiger charge is 1.87. The summed E-state index contributed by atoms with van der Waals surface area (Å²) in [7, 11) is 5.10. The first-order chi connectivity index (χ1) is 4.66. The van der Waals surface area contributed by atoms with Gasteiger partial charge in [-0.25, -0.2) is 9.37 Å². The third kappa shape index (κ3) is 5.03. The molecule has 0 aliphatic rings. The normalized spacial score (nSPS) is 9.50. The summed E-state index contributed by atoms with van der Waals surface area (Å²) in [5.74, 6) is -0.335. The van der Waals surface area contributed by atoms with Crippen LogP contribution in [0.4, 0.5) is 0 Å². The zero-order valence-corrected chi connectivity index (χ0v) is 6.50. The Bertz CT molecular complexity index is 166. The molecule has 0 unspecified atom stereocenters. The molecule has 0 aromatic heterocycles. The molecule has 0 bridgehead atoms. The van der Waals surface area contributed by atoms with Gasteiger partial charge in [0.2, 0.25) is 0 Å². The van der Waals surface area contributed by atoms with Crippen LogP contribution in [-0.2, 0) is 9.53 Å². The van der Waals surface area contributed by atoms with Gasteiger partial charge < -0.3 is 4.74 Å². The maximum atomic E-state index is 10.4. The number of carbonyl (C=O) groups is 1. The number of nitrogens with zero attached hydrogens (tertiary/aromatic N) is 1. The van der Waals surface area contributed by atoms with Crippen molar-refractivity contribution in [1.82, 2.24) is 0 Å². The number of rotatable bonds is 2. The fourth-order valence-corrected chi connectivity index (χ4v) is 0.362. The summed E-state index contributed by atoms with van der Waals surface area (Å²) in [5.41, 5.74) is 0. The van der Waals surface area contributed by atoms with Crippen LogP contribution in [0.15, 0.2) is 12.2 Å². The standard InChI is InChI=1S/C7H12NO2/c1-8(2)6-4-5-7(9)10-3/h4-6H,1-3H3/q+1/b5-4+. The predicted octanol–water partition coefficient (Wildman–Crippen LogP) is 0.0585. The first-order valence-electron chi connectivity index (χ1n) is 2.92. The van der Waals surface area contributed by atoms with E-state index in [1.165, 1.54) is 13.2 Å². The lowest BCUT2D eigenvalue weighted by Gasteiger charge is -1.85. The van der Waals surface area contributed by atoms with Gasteiger partial charge in [-0.05, 0) is 0 Å². The van der Waals surface area contributed by atoms with Crippen molar-refractivity contribution in [2.75, 3.05) is 21.2 Å². The first-order valence-corrected chi connectivity index (χ1v) is 2.92. The molecule has 0 heterocycles. The summed E-state index contributed by atoms with van der Waals surface area (Å²) in [6, 6.07) is 0. The molecule has 10 heavy (non-hydrogen) atoms. The Balaban J connectivity index is 3.77. The zero-order valence-electron chi connectivity index (χ0n) is 6.50. The Kier molecular flexibility index (Phi) is 4.20. The molecule has 0 fully saturated rings. The van der Waals surface area contributed by atoms with Gasteiger partial charge in [-0.2, -0.15) is 0 Å². The Morgan fingerprint density at radius 3 is 2.50 bits per heavy atom. The van der Waals surface area contributed by atoms with Gasteiger partial charge in [-0.1, -0.05) is 0 Å². The van der Waals surface area contributed by atoms with E-state index in [0.717, 1.165) is 0 Å². The van der Waals surface area contributed by atoms with Crippen molar-refractivity contribution in [2.24, 2.45) is 0 Å². The van der Waals surface area contributed by atoms with Gasteiger partial charge in [0.25, 0.3) is 0 Å². The van der Waals surface area contributed by atoms with Crippen LogP contribution < -0.4 is 0 Å². The molecule has 0 aliphatic heterocycles. The summed E-state index contributed by atoms with van der Waals surface area (Å²) < 4.78 is 6.20. The summed E-state index contributed by atoms with van der Waals surface area (Å²) >= 11 is 0. The summed E-state index contributed by atoms with van der Waals surface area (Å²) in [4.78, 5) is 10.4.